The van der Waals surface area contributed by atoms with E-state index in [-0.39, 0.29) is 19.0 Å². The van der Waals surface area contributed by atoms with Crippen LogP contribution < -0.4 is 14.2 Å². The Morgan fingerprint density at radius 3 is 2.27 bits per heavy atom. The number of hydrogen-bond acceptors (Lipinski definition) is 5. The first kappa shape index (κ1) is 23.6. The highest BCUT2D eigenvalue weighted by molar-refractivity contribution is 7.92. The van der Waals surface area contributed by atoms with Crippen LogP contribution in [0, 0.1) is 0 Å². The molecule has 0 amide bonds. The van der Waals surface area contributed by atoms with Gasteiger partial charge in [0.25, 0.3) is 10.0 Å². The van der Waals surface area contributed by atoms with Crippen molar-refractivity contribution in [3.63, 3.8) is 0 Å². The minimum atomic E-state index is -5.06. The van der Waals surface area contributed by atoms with E-state index in [1.807, 2.05) is 4.72 Å². The predicted molar refractivity (Wildman–Crippen MR) is 92.7 cm³/mol. The topological polar surface area (TPSA) is 73.9 Å². The van der Waals surface area contributed by atoms with E-state index in [1.165, 1.54) is 7.11 Å². The van der Waals surface area contributed by atoms with E-state index in [9.17, 15) is 34.8 Å². The second-order valence-corrected chi connectivity index (χ2v) is 7.36. The molecule has 0 saturated heterocycles. The van der Waals surface area contributed by atoms with Crippen LogP contribution in [0.25, 0.3) is 0 Å². The zero-order valence-corrected chi connectivity index (χ0v) is 16.0. The summed E-state index contributed by atoms with van der Waals surface area (Å²) in [6.07, 6.45) is -9.83. The largest absolute Gasteiger partial charge is 0.573 e. The number of alkyl halides is 6. The van der Waals surface area contributed by atoms with Crippen molar-refractivity contribution < 1.29 is 49.0 Å². The number of nitrogens with one attached hydrogen (secondary N) is 1. The number of methoxy groups -OCH3 is 1. The average Bonchev–Trinajstić information content (AvgIpc) is 2.61. The monoisotopic (exact) mass is 459 g/mol. The van der Waals surface area contributed by atoms with E-state index >= 15 is 0 Å². The lowest BCUT2D eigenvalue weighted by molar-refractivity contribution is -0.274. The molecule has 0 fully saturated rings. The molecule has 0 atom stereocenters. The van der Waals surface area contributed by atoms with Crippen LogP contribution >= 0.6 is 0 Å². The summed E-state index contributed by atoms with van der Waals surface area (Å²) in [5, 5.41) is 0. The molecule has 0 aromatic heterocycles. The molecule has 2 aromatic carbocycles. The molecule has 166 valence electrons. The fraction of sp³-hybridized carbons (Fsp3) is 0.294. The highest BCUT2D eigenvalue weighted by Gasteiger charge is 2.33. The molecule has 13 heteroatoms. The lowest BCUT2D eigenvalue weighted by Crippen LogP contribution is -2.18. The van der Waals surface area contributed by atoms with Crippen molar-refractivity contribution in [1.29, 1.82) is 0 Å². The normalized spacial score (nSPS) is 12.5. The number of hydrogen-bond donors (Lipinski definition) is 1. The summed E-state index contributed by atoms with van der Waals surface area (Å²) >= 11 is 0. The van der Waals surface area contributed by atoms with Gasteiger partial charge in [-0.25, -0.2) is 8.42 Å². The van der Waals surface area contributed by atoms with Crippen LogP contribution in [-0.2, 0) is 20.9 Å². The third kappa shape index (κ3) is 6.69. The maximum absolute atomic E-state index is 13.0. The summed E-state index contributed by atoms with van der Waals surface area (Å²) in [4.78, 5) is -0.662. The van der Waals surface area contributed by atoms with E-state index in [2.05, 4.69) is 4.74 Å². The molecule has 2 aromatic rings. The molecule has 0 spiro atoms. The second kappa shape index (κ2) is 9.00. The fourth-order valence-electron chi connectivity index (χ4n) is 2.19. The van der Waals surface area contributed by atoms with Gasteiger partial charge in [-0.1, -0.05) is 6.07 Å². The maximum atomic E-state index is 13.0. The fourth-order valence-corrected chi connectivity index (χ4v) is 3.28. The maximum Gasteiger partial charge on any atom is 0.573 e. The third-order valence-corrected chi connectivity index (χ3v) is 4.81. The molecule has 0 aliphatic carbocycles. The molecule has 0 aliphatic heterocycles. The Labute approximate surface area is 167 Å². The number of halogens is 6. The first-order valence-corrected chi connectivity index (χ1v) is 9.52. The number of benzene rings is 2. The van der Waals surface area contributed by atoms with Gasteiger partial charge in [-0.2, -0.15) is 13.2 Å². The zero-order valence-electron chi connectivity index (χ0n) is 15.2. The average molecular weight is 459 g/mol. The van der Waals surface area contributed by atoms with Crippen molar-refractivity contribution in [3.05, 3.63) is 48.0 Å². The molecule has 0 heterocycles. The first-order chi connectivity index (χ1) is 13.8. The summed E-state index contributed by atoms with van der Waals surface area (Å²) in [5.41, 5.74) is -1.71. The van der Waals surface area contributed by atoms with Crippen molar-refractivity contribution >= 4 is 15.7 Å². The van der Waals surface area contributed by atoms with E-state index < -0.39 is 44.5 Å². The molecule has 0 bridgehead atoms. The van der Waals surface area contributed by atoms with Gasteiger partial charge >= 0.3 is 12.5 Å². The summed E-state index contributed by atoms with van der Waals surface area (Å²) in [6.45, 7) is -0.0183. The zero-order chi connectivity index (χ0) is 22.6. The van der Waals surface area contributed by atoms with Gasteiger partial charge in [-0.05, 0) is 30.3 Å². The molecule has 0 aliphatic rings. The Balaban J connectivity index is 2.39. The number of rotatable bonds is 8. The highest BCUT2D eigenvalue weighted by atomic mass is 32.2. The van der Waals surface area contributed by atoms with Gasteiger partial charge in [0, 0.05) is 13.2 Å². The van der Waals surface area contributed by atoms with Crippen LogP contribution in [0.2, 0.25) is 0 Å². The minimum absolute atomic E-state index is 0.0735. The highest BCUT2D eigenvalue weighted by Crippen LogP contribution is 2.36. The van der Waals surface area contributed by atoms with E-state index in [0.717, 1.165) is 24.3 Å². The quantitative estimate of drug-likeness (QED) is 0.467. The van der Waals surface area contributed by atoms with Crippen molar-refractivity contribution in [1.82, 2.24) is 0 Å². The van der Waals surface area contributed by atoms with Crippen LogP contribution in [0.1, 0.15) is 5.56 Å². The van der Waals surface area contributed by atoms with Gasteiger partial charge in [0.1, 0.15) is 18.1 Å². The molecule has 2 rings (SSSR count). The molecule has 30 heavy (non-hydrogen) atoms. The van der Waals surface area contributed by atoms with Crippen LogP contribution in [0.5, 0.6) is 11.5 Å². The predicted octanol–water partition coefficient (Wildman–Crippen LogP) is 4.43. The summed E-state index contributed by atoms with van der Waals surface area (Å²) in [7, 11) is -3.23. The molecular weight excluding hydrogens is 444 g/mol. The Kier molecular flexibility index (Phi) is 7.08. The van der Waals surface area contributed by atoms with Crippen molar-refractivity contribution in [2.45, 2.75) is 17.4 Å². The Morgan fingerprint density at radius 2 is 1.67 bits per heavy atom. The second-order valence-electron chi connectivity index (χ2n) is 5.68. The Hall–Kier alpha value is -2.67. The molecular formula is C17H15F6NO5S. The van der Waals surface area contributed by atoms with Crippen molar-refractivity contribution in [3.8, 4) is 11.5 Å². The Bertz CT molecular complexity index is 975. The van der Waals surface area contributed by atoms with E-state index in [1.54, 1.807) is 0 Å². The van der Waals surface area contributed by atoms with Gasteiger partial charge in [-0.15, -0.1) is 13.2 Å². The van der Waals surface area contributed by atoms with Crippen molar-refractivity contribution in [2.75, 3.05) is 25.0 Å². The number of ether oxygens (including phenoxy) is 3. The molecule has 0 radical (unpaired) electrons. The minimum Gasteiger partial charge on any atom is -0.489 e. The van der Waals surface area contributed by atoms with Crippen LogP contribution in [0.3, 0.4) is 0 Å². The summed E-state index contributed by atoms with van der Waals surface area (Å²) < 4.78 is 117. The lowest BCUT2D eigenvalue weighted by atomic mass is 10.2. The van der Waals surface area contributed by atoms with E-state index in [4.69, 9.17) is 9.47 Å². The molecule has 6 nitrogen and oxygen atoms in total. The van der Waals surface area contributed by atoms with Gasteiger partial charge < -0.3 is 14.2 Å². The van der Waals surface area contributed by atoms with E-state index in [0.29, 0.717) is 18.2 Å². The number of sulfonamides is 1. The molecule has 0 saturated carbocycles. The Morgan fingerprint density at radius 1 is 0.967 bits per heavy atom. The van der Waals surface area contributed by atoms with Crippen LogP contribution in [0.4, 0.5) is 32.0 Å². The number of anilines is 1. The van der Waals surface area contributed by atoms with Gasteiger partial charge in [0.2, 0.25) is 0 Å². The summed E-state index contributed by atoms with van der Waals surface area (Å²) in [6, 6.07) is 5.50. The third-order valence-electron chi connectivity index (χ3n) is 3.45. The van der Waals surface area contributed by atoms with Crippen LogP contribution in [-0.4, -0.2) is 35.1 Å². The van der Waals surface area contributed by atoms with Crippen molar-refractivity contribution in [2.24, 2.45) is 0 Å². The first-order valence-electron chi connectivity index (χ1n) is 8.03. The van der Waals surface area contributed by atoms with Gasteiger partial charge in [0.15, 0.2) is 0 Å². The van der Waals surface area contributed by atoms with Crippen LogP contribution in [0.15, 0.2) is 47.4 Å². The smallest absolute Gasteiger partial charge is 0.489 e. The summed E-state index contributed by atoms with van der Waals surface area (Å²) in [5.74, 6) is -1.04. The van der Waals surface area contributed by atoms with Gasteiger partial charge in [-0.3, -0.25) is 4.72 Å². The molecule has 0 unspecified atom stereocenters. The lowest BCUT2D eigenvalue weighted by Gasteiger charge is -2.16. The van der Waals surface area contributed by atoms with Gasteiger partial charge in [0.05, 0.1) is 22.8 Å². The standard InChI is InChI=1S/C17H15F6NO5S/c1-27-7-8-28-15-6-5-11(16(18,19)20)9-14(15)24-30(25,26)13-4-2-3-12(10-13)29-17(21,22)23/h2-6,9-10,24H,7-8H2,1H3. The molecule has 1 N–H and O–H groups in total. The SMILES string of the molecule is COCCOc1ccc(C(F)(F)F)cc1NS(=O)(=O)c1cccc(OC(F)(F)F)c1.